The highest BCUT2D eigenvalue weighted by Gasteiger charge is 2.22. The van der Waals surface area contributed by atoms with Crippen molar-refractivity contribution < 1.29 is 0 Å². The van der Waals surface area contributed by atoms with Gasteiger partial charge in [0, 0.05) is 11.1 Å². The van der Waals surface area contributed by atoms with Gasteiger partial charge < -0.3 is 5.32 Å². The van der Waals surface area contributed by atoms with Gasteiger partial charge in [-0.25, -0.2) is 0 Å². The van der Waals surface area contributed by atoms with Crippen molar-refractivity contribution in [3.05, 3.63) is 34.3 Å². The van der Waals surface area contributed by atoms with Gasteiger partial charge in [-0.05, 0) is 61.4 Å². The Balaban J connectivity index is 1.44. The molecule has 0 bridgehead atoms. The normalized spacial score (nSPS) is 22.8. The summed E-state index contributed by atoms with van der Waals surface area (Å²) in [6, 6.07) is 6.96. The first kappa shape index (κ1) is 11.6. The van der Waals surface area contributed by atoms with E-state index in [0.29, 0.717) is 6.04 Å². The van der Waals surface area contributed by atoms with E-state index in [0.717, 1.165) is 17.4 Å². The molecule has 1 nitrogen and oxygen atoms in total. The summed E-state index contributed by atoms with van der Waals surface area (Å²) in [4.78, 5) is 0. The minimum absolute atomic E-state index is 0.641. The van der Waals surface area contributed by atoms with Crippen molar-refractivity contribution in [3.63, 3.8) is 0 Å². The van der Waals surface area contributed by atoms with E-state index >= 15 is 0 Å². The zero-order chi connectivity index (χ0) is 11.7. The van der Waals surface area contributed by atoms with Gasteiger partial charge in [0.2, 0.25) is 0 Å². The fourth-order valence-electron chi connectivity index (χ4n) is 2.83. The molecule has 1 atom stereocenters. The molecule has 1 N–H and O–H groups in total. The molecule has 1 aromatic carbocycles. The number of nitrogens with one attached hydrogen (secondary N) is 1. The lowest BCUT2D eigenvalue weighted by molar-refractivity contribution is 0.506. The van der Waals surface area contributed by atoms with E-state index in [-0.39, 0.29) is 0 Å². The van der Waals surface area contributed by atoms with Crippen molar-refractivity contribution in [3.8, 4) is 0 Å². The molecule has 17 heavy (non-hydrogen) atoms. The summed E-state index contributed by atoms with van der Waals surface area (Å²) in [5.74, 6) is 1.07. The third-order valence-corrected chi connectivity index (χ3v) is 4.26. The molecular formula is C15H20ClN. The van der Waals surface area contributed by atoms with Crippen molar-refractivity contribution in [1.82, 2.24) is 5.32 Å². The molecule has 2 aliphatic carbocycles. The van der Waals surface area contributed by atoms with Crippen LogP contribution < -0.4 is 5.32 Å². The van der Waals surface area contributed by atoms with Crippen molar-refractivity contribution in [2.45, 2.75) is 44.6 Å². The van der Waals surface area contributed by atoms with Crippen LogP contribution in [0.3, 0.4) is 0 Å². The summed E-state index contributed by atoms with van der Waals surface area (Å²) in [5.41, 5.74) is 2.92. The lowest BCUT2D eigenvalue weighted by Crippen LogP contribution is -2.30. The number of hydrogen-bond donors (Lipinski definition) is 1. The fourth-order valence-corrected chi connectivity index (χ4v) is 3.03. The van der Waals surface area contributed by atoms with Crippen molar-refractivity contribution in [2.75, 3.05) is 6.54 Å². The fraction of sp³-hybridized carbons (Fsp3) is 0.600. The topological polar surface area (TPSA) is 12.0 Å². The average molecular weight is 250 g/mol. The molecule has 1 unspecified atom stereocenters. The Morgan fingerprint density at radius 2 is 2.00 bits per heavy atom. The van der Waals surface area contributed by atoms with Crippen LogP contribution in [0.4, 0.5) is 0 Å². The van der Waals surface area contributed by atoms with Gasteiger partial charge in [0.15, 0.2) is 0 Å². The first-order valence-electron chi connectivity index (χ1n) is 6.82. The maximum atomic E-state index is 6.02. The average Bonchev–Trinajstić information content (AvgIpc) is 3.04. The maximum Gasteiger partial charge on any atom is 0.0408 e. The predicted octanol–water partition coefficient (Wildman–Crippen LogP) is 3.59. The van der Waals surface area contributed by atoms with Gasteiger partial charge in [-0.1, -0.05) is 30.5 Å². The lowest BCUT2D eigenvalue weighted by atomic mass is 10.1. The number of benzene rings is 1. The summed E-state index contributed by atoms with van der Waals surface area (Å²) >= 11 is 6.02. The second-order valence-corrected chi connectivity index (χ2v) is 5.99. The molecule has 92 valence electrons. The van der Waals surface area contributed by atoms with E-state index in [1.54, 1.807) is 0 Å². The first-order chi connectivity index (χ1) is 8.31. The third-order valence-electron chi connectivity index (χ3n) is 4.02. The number of fused-ring (bicyclic) bond motifs is 1. The van der Waals surface area contributed by atoms with Crippen LogP contribution in [-0.2, 0) is 12.8 Å². The molecule has 1 fully saturated rings. The predicted molar refractivity (Wildman–Crippen MR) is 72.6 cm³/mol. The zero-order valence-electron chi connectivity index (χ0n) is 10.2. The highest BCUT2D eigenvalue weighted by atomic mass is 35.5. The zero-order valence-corrected chi connectivity index (χ0v) is 11.0. The van der Waals surface area contributed by atoms with Gasteiger partial charge in [0.1, 0.15) is 0 Å². The molecule has 0 aliphatic heterocycles. The molecule has 2 aliphatic rings. The van der Waals surface area contributed by atoms with Crippen LogP contribution >= 0.6 is 11.6 Å². The smallest absolute Gasteiger partial charge is 0.0408 e. The van der Waals surface area contributed by atoms with Gasteiger partial charge in [-0.3, -0.25) is 0 Å². The number of hydrogen-bond acceptors (Lipinski definition) is 1. The van der Waals surface area contributed by atoms with Crippen molar-refractivity contribution in [2.24, 2.45) is 5.92 Å². The van der Waals surface area contributed by atoms with Crippen molar-refractivity contribution in [1.29, 1.82) is 0 Å². The number of halogens is 1. The molecular weight excluding hydrogens is 230 g/mol. The monoisotopic (exact) mass is 249 g/mol. The second kappa shape index (κ2) is 4.99. The van der Waals surface area contributed by atoms with Crippen LogP contribution in [0.25, 0.3) is 0 Å². The first-order valence-corrected chi connectivity index (χ1v) is 7.20. The lowest BCUT2D eigenvalue weighted by Gasteiger charge is -2.11. The summed E-state index contributed by atoms with van der Waals surface area (Å²) in [6.07, 6.45) is 8.06. The minimum atomic E-state index is 0.641. The molecule has 1 saturated carbocycles. The van der Waals surface area contributed by atoms with Crippen LogP contribution in [0.15, 0.2) is 18.2 Å². The molecule has 0 heterocycles. The molecule has 1 aromatic rings. The Morgan fingerprint density at radius 3 is 2.82 bits per heavy atom. The Morgan fingerprint density at radius 1 is 1.18 bits per heavy atom. The van der Waals surface area contributed by atoms with E-state index in [9.17, 15) is 0 Å². The van der Waals surface area contributed by atoms with Gasteiger partial charge in [-0.2, -0.15) is 0 Å². The quantitative estimate of drug-likeness (QED) is 0.787. The van der Waals surface area contributed by atoms with Gasteiger partial charge in [0.25, 0.3) is 0 Å². The van der Waals surface area contributed by atoms with Crippen LogP contribution in [0.2, 0.25) is 5.02 Å². The Kier molecular flexibility index (Phi) is 3.39. The molecule has 0 saturated heterocycles. The summed E-state index contributed by atoms with van der Waals surface area (Å²) in [7, 11) is 0. The second-order valence-electron chi connectivity index (χ2n) is 5.56. The molecule has 2 heteroatoms. The Hall–Kier alpha value is -0.530. The van der Waals surface area contributed by atoms with Gasteiger partial charge in [-0.15, -0.1) is 0 Å². The maximum absolute atomic E-state index is 6.02. The third kappa shape index (κ3) is 3.02. The van der Waals surface area contributed by atoms with E-state index in [4.69, 9.17) is 11.6 Å². The standard InChI is InChI=1S/C15H20ClN/c16-14-6-5-12-9-15(10-13(12)8-14)17-7-1-2-11-3-4-11/h5-6,8,11,15,17H,1-4,7,9-10H2. The minimum Gasteiger partial charge on any atom is -0.313 e. The summed E-state index contributed by atoms with van der Waals surface area (Å²) in [5, 5.41) is 4.56. The summed E-state index contributed by atoms with van der Waals surface area (Å²) < 4.78 is 0. The van der Waals surface area contributed by atoms with Crippen molar-refractivity contribution >= 4 is 11.6 Å². The van der Waals surface area contributed by atoms with E-state index in [2.05, 4.69) is 17.4 Å². The molecule has 0 amide bonds. The van der Waals surface area contributed by atoms with E-state index < -0.39 is 0 Å². The highest BCUT2D eigenvalue weighted by molar-refractivity contribution is 6.30. The molecule has 0 radical (unpaired) electrons. The van der Waals surface area contributed by atoms with Crippen LogP contribution in [0.5, 0.6) is 0 Å². The Bertz CT molecular complexity index is 398. The number of rotatable bonds is 5. The highest BCUT2D eigenvalue weighted by Crippen LogP contribution is 2.33. The van der Waals surface area contributed by atoms with E-state index in [1.807, 2.05) is 6.07 Å². The largest absolute Gasteiger partial charge is 0.313 e. The van der Waals surface area contributed by atoms with Gasteiger partial charge in [0.05, 0.1) is 0 Å². The van der Waals surface area contributed by atoms with E-state index in [1.165, 1.54) is 49.8 Å². The molecule has 0 spiro atoms. The Labute approximate surface area is 109 Å². The van der Waals surface area contributed by atoms with Crippen LogP contribution in [0.1, 0.15) is 36.8 Å². The van der Waals surface area contributed by atoms with Gasteiger partial charge >= 0.3 is 0 Å². The van der Waals surface area contributed by atoms with Crippen LogP contribution in [-0.4, -0.2) is 12.6 Å². The molecule has 0 aromatic heterocycles. The molecule has 3 rings (SSSR count). The van der Waals surface area contributed by atoms with Crippen LogP contribution in [0, 0.1) is 5.92 Å². The SMILES string of the molecule is Clc1ccc2c(c1)CC(NCCCC1CC1)C2. The summed E-state index contributed by atoms with van der Waals surface area (Å²) in [6.45, 7) is 1.18.